The number of H-pyrrole nitrogens is 1. The van der Waals surface area contributed by atoms with E-state index in [1.54, 1.807) is 31.4 Å². The lowest BCUT2D eigenvalue weighted by Gasteiger charge is -2.11. The molecule has 3 aromatic carbocycles. The molecule has 31 heavy (non-hydrogen) atoms. The van der Waals surface area contributed by atoms with Crippen LogP contribution < -0.4 is 15.4 Å². The quantitative estimate of drug-likeness (QED) is 0.381. The highest BCUT2D eigenvalue weighted by Crippen LogP contribution is 2.30. The summed E-state index contributed by atoms with van der Waals surface area (Å²) >= 11 is 0. The molecule has 0 unspecified atom stereocenters. The van der Waals surface area contributed by atoms with Crippen molar-refractivity contribution < 1.29 is 14.3 Å². The van der Waals surface area contributed by atoms with Crippen molar-refractivity contribution in [3.8, 4) is 5.75 Å². The fourth-order valence-corrected chi connectivity index (χ4v) is 3.46. The normalized spacial score (nSPS) is 10.6. The molecule has 1 amide bonds. The number of aromatic amines is 1. The lowest BCUT2D eigenvalue weighted by Crippen LogP contribution is -2.23. The summed E-state index contributed by atoms with van der Waals surface area (Å²) in [6, 6.07) is 22.2. The summed E-state index contributed by atoms with van der Waals surface area (Å²) < 4.78 is 5.17. The van der Waals surface area contributed by atoms with Crippen molar-refractivity contribution in [2.24, 2.45) is 0 Å². The van der Waals surface area contributed by atoms with Crippen LogP contribution in [0.2, 0.25) is 0 Å². The minimum Gasteiger partial charge on any atom is -0.497 e. The van der Waals surface area contributed by atoms with Crippen LogP contribution in [-0.4, -0.2) is 30.3 Å². The number of fused-ring (bicyclic) bond motifs is 1. The van der Waals surface area contributed by atoms with Gasteiger partial charge in [-0.2, -0.15) is 0 Å². The molecule has 156 valence electrons. The fraction of sp³-hybridized carbons (Fsp3) is 0.120. The molecule has 0 saturated carbocycles. The topological polar surface area (TPSA) is 83.2 Å². The second kappa shape index (κ2) is 8.75. The molecule has 0 radical (unpaired) electrons. The number of carbonyl (C=O) groups excluding carboxylic acids is 2. The Morgan fingerprint density at radius 1 is 0.935 bits per heavy atom. The van der Waals surface area contributed by atoms with Gasteiger partial charge in [0.2, 0.25) is 11.7 Å². The van der Waals surface area contributed by atoms with Crippen molar-refractivity contribution in [3.05, 3.63) is 89.6 Å². The summed E-state index contributed by atoms with van der Waals surface area (Å²) in [5.41, 5.74) is 4.05. The number of carbonyl (C=O) groups is 2. The molecule has 3 N–H and O–H groups in total. The maximum absolute atomic E-state index is 13.2. The molecule has 6 nitrogen and oxygen atoms in total. The Morgan fingerprint density at radius 3 is 2.39 bits per heavy atom. The zero-order valence-electron chi connectivity index (χ0n) is 17.4. The highest BCUT2D eigenvalue weighted by atomic mass is 16.5. The summed E-state index contributed by atoms with van der Waals surface area (Å²) in [5.74, 6) is 0.224. The van der Waals surface area contributed by atoms with Crippen LogP contribution in [0.15, 0.2) is 72.8 Å². The molecular weight excluding hydrogens is 390 g/mol. The standard InChI is InChI=1S/C25H23N3O3/c1-16-7-3-5-9-20(16)26-15-22(29)28-23-19-8-4-6-10-21(19)27-24(23)25(30)17-11-13-18(31-2)14-12-17/h3-14,26-27H,15H2,1-2H3,(H,28,29). The largest absolute Gasteiger partial charge is 0.497 e. The van der Waals surface area contributed by atoms with Crippen LogP contribution in [0.1, 0.15) is 21.6 Å². The number of aryl methyl sites for hydroxylation is 1. The third-order valence-corrected chi connectivity index (χ3v) is 5.13. The molecule has 4 rings (SSSR count). The minimum atomic E-state index is -0.239. The van der Waals surface area contributed by atoms with Gasteiger partial charge in [-0.25, -0.2) is 0 Å². The van der Waals surface area contributed by atoms with Gasteiger partial charge in [0.15, 0.2) is 0 Å². The van der Waals surface area contributed by atoms with Crippen LogP contribution in [0.25, 0.3) is 10.9 Å². The van der Waals surface area contributed by atoms with Crippen LogP contribution in [0, 0.1) is 6.92 Å². The summed E-state index contributed by atoms with van der Waals surface area (Å²) in [5, 5.41) is 6.84. The number of hydrogen-bond donors (Lipinski definition) is 3. The average molecular weight is 413 g/mol. The highest BCUT2D eigenvalue weighted by molar-refractivity contribution is 6.18. The summed E-state index contributed by atoms with van der Waals surface area (Å²) in [7, 11) is 1.58. The Bertz CT molecular complexity index is 1240. The van der Waals surface area contributed by atoms with Gasteiger partial charge in [0.25, 0.3) is 0 Å². The third-order valence-electron chi connectivity index (χ3n) is 5.13. The molecule has 0 fully saturated rings. The minimum absolute atomic E-state index is 0.0839. The first-order valence-corrected chi connectivity index (χ1v) is 9.95. The number of aromatic nitrogens is 1. The first-order chi connectivity index (χ1) is 15.1. The smallest absolute Gasteiger partial charge is 0.243 e. The Kier molecular flexibility index (Phi) is 5.71. The van der Waals surface area contributed by atoms with E-state index in [9.17, 15) is 9.59 Å². The van der Waals surface area contributed by atoms with Crippen LogP contribution in [-0.2, 0) is 4.79 Å². The van der Waals surface area contributed by atoms with Gasteiger partial charge in [0, 0.05) is 22.2 Å². The van der Waals surface area contributed by atoms with Crippen LogP contribution in [0.4, 0.5) is 11.4 Å². The molecule has 0 aliphatic rings. The van der Waals surface area contributed by atoms with Crippen molar-refractivity contribution in [1.82, 2.24) is 4.98 Å². The molecule has 1 heterocycles. The molecule has 0 spiro atoms. The Morgan fingerprint density at radius 2 is 1.65 bits per heavy atom. The number of ketones is 1. The third kappa shape index (κ3) is 4.28. The second-order valence-corrected chi connectivity index (χ2v) is 7.19. The van der Waals surface area contributed by atoms with Gasteiger partial charge in [-0.1, -0.05) is 36.4 Å². The van der Waals surface area contributed by atoms with Crippen LogP contribution in [0.5, 0.6) is 5.75 Å². The fourth-order valence-electron chi connectivity index (χ4n) is 3.46. The van der Waals surface area contributed by atoms with Crippen molar-refractivity contribution in [2.45, 2.75) is 6.92 Å². The van der Waals surface area contributed by atoms with E-state index in [-0.39, 0.29) is 18.2 Å². The molecule has 6 heteroatoms. The molecule has 0 bridgehead atoms. The van der Waals surface area contributed by atoms with Gasteiger partial charge in [-0.3, -0.25) is 9.59 Å². The van der Waals surface area contributed by atoms with Gasteiger partial charge >= 0.3 is 0 Å². The number of rotatable bonds is 7. The second-order valence-electron chi connectivity index (χ2n) is 7.19. The van der Waals surface area contributed by atoms with Crippen LogP contribution in [0.3, 0.4) is 0 Å². The number of nitrogens with one attached hydrogen (secondary N) is 3. The van der Waals surface area contributed by atoms with E-state index >= 15 is 0 Å². The molecule has 0 aliphatic carbocycles. The van der Waals surface area contributed by atoms with Gasteiger partial charge in [0.1, 0.15) is 11.4 Å². The van der Waals surface area contributed by atoms with Crippen molar-refractivity contribution in [2.75, 3.05) is 24.3 Å². The maximum atomic E-state index is 13.2. The number of ether oxygens (including phenoxy) is 1. The first kappa shape index (κ1) is 20.2. The number of anilines is 2. The molecule has 4 aromatic rings. The van der Waals surface area contributed by atoms with E-state index in [0.717, 1.165) is 22.2 Å². The van der Waals surface area contributed by atoms with Gasteiger partial charge in [-0.15, -0.1) is 0 Å². The lowest BCUT2D eigenvalue weighted by molar-refractivity contribution is -0.114. The van der Waals surface area contributed by atoms with E-state index in [1.807, 2.05) is 55.5 Å². The van der Waals surface area contributed by atoms with Crippen LogP contribution >= 0.6 is 0 Å². The van der Waals surface area contributed by atoms with Crippen molar-refractivity contribution in [3.63, 3.8) is 0 Å². The summed E-state index contributed by atoms with van der Waals surface area (Å²) in [6.45, 7) is 2.06. The van der Waals surface area contributed by atoms with Gasteiger partial charge < -0.3 is 20.4 Å². The average Bonchev–Trinajstić information content (AvgIpc) is 3.16. The number of amides is 1. The number of benzene rings is 3. The molecule has 0 aliphatic heterocycles. The first-order valence-electron chi connectivity index (χ1n) is 9.95. The van der Waals surface area contributed by atoms with Gasteiger partial charge in [-0.05, 0) is 48.9 Å². The Balaban J connectivity index is 1.61. The van der Waals surface area contributed by atoms with Crippen molar-refractivity contribution >= 4 is 34.0 Å². The SMILES string of the molecule is COc1ccc(C(=O)c2[nH]c3ccccc3c2NC(=O)CNc2ccccc2C)cc1. The maximum Gasteiger partial charge on any atom is 0.243 e. The molecule has 0 saturated heterocycles. The zero-order valence-corrected chi connectivity index (χ0v) is 17.4. The molecule has 0 atom stereocenters. The van der Waals surface area contributed by atoms with E-state index in [4.69, 9.17) is 4.74 Å². The van der Waals surface area contributed by atoms with E-state index in [2.05, 4.69) is 15.6 Å². The number of hydrogen-bond acceptors (Lipinski definition) is 4. The van der Waals surface area contributed by atoms with E-state index < -0.39 is 0 Å². The summed E-state index contributed by atoms with van der Waals surface area (Å²) in [4.78, 5) is 29.1. The molecule has 1 aromatic heterocycles. The molecular formula is C25H23N3O3. The highest BCUT2D eigenvalue weighted by Gasteiger charge is 2.21. The predicted octanol–water partition coefficient (Wildman–Crippen LogP) is 4.77. The number of methoxy groups -OCH3 is 1. The van der Waals surface area contributed by atoms with E-state index in [1.165, 1.54) is 0 Å². The summed E-state index contributed by atoms with van der Waals surface area (Å²) in [6.07, 6.45) is 0. The lowest BCUT2D eigenvalue weighted by atomic mass is 10.1. The number of para-hydroxylation sites is 2. The Labute approximate surface area is 180 Å². The Hall–Kier alpha value is -4.06. The van der Waals surface area contributed by atoms with Gasteiger partial charge in [0.05, 0.1) is 19.3 Å². The zero-order chi connectivity index (χ0) is 21.8. The van der Waals surface area contributed by atoms with E-state index in [0.29, 0.717) is 22.7 Å². The predicted molar refractivity (Wildman–Crippen MR) is 123 cm³/mol. The monoisotopic (exact) mass is 413 g/mol. The van der Waals surface area contributed by atoms with Crippen molar-refractivity contribution in [1.29, 1.82) is 0 Å².